The molecule has 0 saturated heterocycles. The maximum atomic E-state index is 12.1. The van der Waals surface area contributed by atoms with Crippen molar-refractivity contribution in [3.05, 3.63) is 12.2 Å². The number of esters is 1. The van der Waals surface area contributed by atoms with Crippen LogP contribution in [0.3, 0.4) is 0 Å². The molecule has 0 aromatic rings. The van der Waals surface area contributed by atoms with Crippen LogP contribution in [0.15, 0.2) is 12.2 Å². The third kappa shape index (κ3) is 14.6. The van der Waals surface area contributed by atoms with Crippen molar-refractivity contribution in [1.82, 2.24) is 0 Å². The Morgan fingerprint density at radius 2 is 1.30 bits per heavy atom. The number of aliphatic carboxylic acids is 1. The van der Waals surface area contributed by atoms with Crippen molar-refractivity contribution in [2.45, 2.75) is 116 Å². The second-order valence-corrected chi connectivity index (χ2v) is 8.57. The Labute approximate surface area is 206 Å². The largest absolute Gasteiger partial charge is 1.00 e. The van der Waals surface area contributed by atoms with Crippen LogP contribution >= 0.6 is 0 Å². The van der Waals surface area contributed by atoms with Gasteiger partial charge in [0.1, 0.15) is 0 Å². The Balaban J connectivity index is 0.00000841. The molecule has 0 aliphatic heterocycles. The van der Waals surface area contributed by atoms with Crippen molar-refractivity contribution in [2.75, 3.05) is 6.61 Å². The maximum Gasteiger partial charge on any atom is 1.00 e. The molecule has 1 aliphatic rings. The number of ether oxygens (including phenoxy) is 1. The van der Waals surface area contributed by atoms with Gasteiger partial charge in [-0.2, -0.15) is 0 Å². The average molecular weight is 431 g/mol. The fourth-order valence-corrected chi connectivity index (χ4v) is 4.16. The topological polar surface area (TPSA) is 66.4 Å². The molecule has 2 unspecified atom stereocenters. The molecule has 1 aliphatic carbocycles. The first kappa shape index (κ1) is 29.7. The zero-order valence-corrected chi connectivity index (χ0v) is 21.7. The maximum absolute atomic E-state index is 12.1. The smallest absolute Gasteiger partial charge is 0.550 e. The number of hydrogen-bond acceptors (Lipinski definition) is 4. The standard InChI is InChI=1S/C25H44O4.Na/c1-2-3-4-5-6-7-8-9-10-11-12-13-14-15-18-21-29-25(28)23-20-17-16-19-22(23)24(26)27;/h13-14,22-23H,2-12,15-21H2,1H3,(H,26,27);/q;+1/p-1/b14-13+;. The minimum absolute atomic E-state index is 0. The fraction of sp³-hybridized carbons (Fsp3) is 0.840. The summed E-state index contributed by atoms with van der Waals surface area (Å²) in [7, 11) is 0. The predicted octanol–water partition coefficient (Wildman–Crippen LogP) is 2.74. The van der Waals surface area contributed by atoms with Crippen LogP contribution in [0, 0.1) is 11.8 Å². The van der Waals surface area contributed by atoms with E-state index in [0.29, 0.717) is 19.4 Å². The average Bonchev–Trinajstić information content (AvgIpc) is 2.73. The summed E-state index contributed by atoms with van der Waals surface area (Å²) in [6, 6.07) is 0. The molecule has 0 aromatic heterocycles. The first-order chi connectivity index (χ1) is 14.2. The molecule has 4 nitrogen and oxygen atoms in total. The number of rotatable bonds is 17. The first-order valence-corrected chi connectivity index (χ1v) is 12.2. The summed E-state index contributed by atoms with van der Waals surface area (Å²) in [5.41, 5.74) is 0. The third-order valence-corrected chi connectivity index (χ3v) is 6.02. The molecule has 30 heavy (non-hydrogen) atoms. The van der Waals surface area contributed by atoms with Gasteiger partial charge in [0, 0.05) is 11.9 Å². The molecular weight excluding hydrogens is 387 g/mol. The molecule has 1 rings (SSSR count). The van der Waals surface area contributed by atoms with Crippen LogP contribution < -0.4 is 34.7 Å². The number of hydrogen-bond donors (Lipinski definition) is 0. The number of allylic oxidation sites excluding steroid dienone is 2. The summed E-state index contributed by atoms with van der Waals surface area (Å²) < 4.78 is 5.31. The number of carboxylic acid groups (broad SMARTS) is 1. The van der Waals surface area contributed by atoms with Gasteiger partial charge in [-0.3, -0.25) is 4.79 Å². The van der Waals surface area contributed by atoms with Gasteiger partial charge < -0.3 is 14.6 Å². The zero-order chi connectivity index (χ0) is 21.2. The number of carbonyl (C=O) groups is 2. The van der Waals surface area contributed by atoms with Gasteiger partial charge in [-0.15, -0.1) is 0 Å². The van der Waals surface area contributed by atoms with E-state index in [1.807, 2.05) is 0 Å². The van der Waals surface area contributed by atoms with Gasteiger partial charge >= 0.3 is 35.5 Å². The molecule has 0 spiro atoms. The molecule has 0 N–H and O–H groups in total. The van der Waals surface area contributed by atoms with E-state index in [-0.39, 0.29) is 35.5 Å². The van der Waals surface area contributed by atoms with E-state index >= 15 is 0 Å². The summed E-state index contributed by atoms with van der Waals surface area (Å²) in [6.45, 7) is 2.63. The zero-order valence-electron chi connectivity index (χ0n) is 19.7. The molecule has 5 heteroatoms. The van der Waals surface area contributed by atoms with E-state index < -0.39 is 17.8 Å². The van der Waals surface area contributed by atoms with E-state index in [1.54, 1.807) is 0 Å². The van der Waals surface area contributed by atoms with Crippen LogP contribution in [0.4, 0.5) is 0 Å². The second kappa shape index (κ2) is 20.6. The van der Waals surface area contributed by atoms with Crippen molar-refractivity contribution in [3.63, 3.8) is 0 Å². The van der Waals surface area contributed by atoms with Crippen LogP contribution in [0.25, 0.3) is 0 Å². The monoisotopic (exact) mass is 430 g/mol. The quantitative estimate of drug-likeness (QED) is 0.154. The summed E-state index contributed by atoms with van der Waals surface area (Å²) >= 11 is 0. The molecule has 1 fully saturated rings. The van der Waals surface area contributed by atoms with Crippen molar-refractivity contribution in [3.8, 4) is 0 Å². The van der Waals surface area contributed by atoms with Crippen LogP contribution in [-0.4, -0.2) is 18.5 Å². The van der Waals surface area contributed by atoms with Gasteiger partial charge in [-0.25, -0.2) is 0 Å². The van der Waals surface area contributed by atoms with Crippen LogP contribution in [-0.2, 0) is 14.3 Å². The summed E-state index contributed by atoms with van der Waals surface area (Å²) in [4.78, 5) is 23.3. The van der Waals surface area contributed by atoms with Crippen molar-refractivity contribution >= 4 is 11.9 Å². The van der Waals surface area contributed by atoms with E-state index in [4.69, 9.17) is 4.74 Å². The van der Waals surface area contributed by atoms with Crippen molar-refractivity contribution in [1.29, 1.82) is 0 Å². The SMILES string of the molecule is CCCCCCCCCCCC/C=C/CCCOC(=O)C1CCCCC1C(=O)[O-].[Na+]. The van der Waals surface area contributed by atoms with Gasteiger partial charge in [0.05, 0.1) is 12.5 Å². The number of carboxylic acids is 1. The van der Waals surface area contributed by atoms with E-state index in [2.05, 4.69) is 19.1 Å². The number of carbonyl (C=O) groups excluding carboxylic acids is 2. The molecule has 0 bridgehead atoms. The minimum atomic E-state index is -1.11. The first-order valence-electron chi connectivity index (χ1n) is 12.2. The van der Waals surface area contributed by atoms with Gasteiger partial charge in [-0.05, 0) is 38.5 Å². The normalized spacial score (nSPS) is 18.8. The molecule has 1 saturated carbocycles. The van der Waals surface area contributed by atoms with Gasteiger partial charge in [0.2, 0.25) is 0 Å². The van der Waals surface area contributed by atoms with E-state index in [1.165, 1.54) is 64.2 Å². The molecule has 0 amide bonds. The van der Waals surface area contributed by atoms with Crippen molar-refractivity contribution < 1.29 is 49.0 Å². The Morgan fingerprint density at radius 3 is 1.87 bits per heavy atom. The number of unbranched alkanes of at least 4 members (excludes halogenated alkanes) is 11. The molecule has 0 radical (unpaired) electrons. The van der Waals surface area contributed by atoms with Gasteiger partial charge in [-0.1, -0.05) is 89.7 Å². The van der Waals surface area contributed by atoms with E-state index in [0.717, 1.165) is 32.1 Å². The fourth-order valence-electron chi connectivity index (χ4n) is 4.16. The molecular formula is C25H43NaO4. The summed E-state index contributed by atoms with van der Waals surface area (Å²) in [5, 5.41) is 11.2. The molecule has 2 atom stereocenters. The van der Waals surface area contributed by atoms with Crippen LogP contribution in [0.2, 0.25) is 0 Å². The predicted molar refractivity (Wildman–Crippen MR) is 116 cm³/mol. The third-order valence-electron chi connectivity index (χ3n) is 6.02. The minimum Gasteiger partial charge on any atom is -0.550 e. The molecule has 168 valence electrons. The molecule has 0 heterocycles. The second-order valence-electron chi connectivity index (χ2n) is 8.57. The molecule has 0 aromatic carbocycles. The Kier molecular flexibility index (Phi) is 20.4. The van der Waals surface area contributed by atoms with Crippen molar-refractivity contribution in [2.24, 2.45) is 11.8 Å². The summed E-state index contributed by atoms with van der Waals surface area (Å²) in [6.07, 6.45) is 23.7. The van der Waals surface area contributed by atoms with Crippen LogP contribution in [0.5, 0.6) is 0 Å². The Morgan fingerprint density at radius 1 is 0.800 bits per heavy atom. The van der Waals surface area contributed by atoms with Gasteiger partial charge in [0.25, 0.3) is 0 Å². The van der Waals surface area contributed by atoms with Gasteiger partial charge in [0.15, 0.2) is 0 Å². The van der Waals surface area contributed by atoms with E-state index in [9.17, 15) is 14.7 Å². The Hall–Kier alpha value is -0.320. The van der Waals surface area contributed by atoms with Crippen LogP contribution in [0.1, 0.15) is 116 Å². The Bertz CT molecular complexity index is 464. The summed E-state index contributed by atoms with van der Waals surface area (Å²) in [5.74, 6) is -2.65.